The van der Waals surface area contributed by atoms with Crippen molar-refractivity contribution in [2.24, 2.45) is 11.7 Å². The van der Waals surface area contributed by atoms with Crippen LogP contribution < -0.4 is 16.0 Å². The second-order valence-electron chi connectivity index (χ2n) is 8.46. The molecule has 1 aromatic carbocycles. The number of alkyl halides is 1. The average Bonchev–Trinajstić information content (AvgIpc) is 3.12. The number of aromatic nitrogens is 2. The largest absolute Gasteiger partial charge is 0.359 e. The van der Waals surface area contributed by atoms with Crippen LogP contribution in [0.2, 0.25) is 0 Å². The van der Waals surface area contributed by atoms with Crippen LogP contribution in [-0.4, -0.2) is 71.7 Å². The first-order valence-corrected chi connectivity index (χ1v) is 10.8. The van der Waals surface area contributed by atoms with E-state index in [1.165, 1.54) is 4.57 Å². The smallest absolute Gasteiger partial charge is 0.242 e. The van der Waals surface area contributed by atoms with Gasteiger partial charge >= 0.3 is 0 Å². The number of halogens is 3. The molecular weight excluding hydrogens is 425 g/mol. The molecule has 3 heterocycles. The van der Waals surface area contributed by atoms with E-state index < -0.39 is 23.8 Å². The number of hydrogen-bond acceptors (Lipinski definition) is 5. The van der Waals surface area contributed by atoms with Gasteiger partial charge in [0.15, 0.2) is 11.6 Å². The third kappa shape index (κ3) is 4.25. The quantitative estimate of drug-likeness (QED) is 0.726. The first-order valence-electron chi connectivity index (χ1n) is 10.8. The zero-order valence-electron chi connectivity index (χ0n) is 17.9. The molecule has 3 N–H and O–H groups in total. The molecule has 2 aromatic rings. The highest BCUT2D eigenvalue weighted by molar-refractivity contribution is 5.84. The van der Waals surface area contributed by atoms with Crippen LogP contribution in [0.15, 0.2) is 12.1 Å². The van der Waals surface area contributed by atoms with Crippen molar-refractivity contribution in [3.8, 4) is 0 Å². The van der Waals surface area contributed by atoms with Crippen LogP contribution in [0.5, 0.6) is 0 Å². The van der Waals surface area contributed by atoms with Crippen LogP contribution in [0, 0.1) is 17.6 Å². The van der Waals surface area contributed by atoms with E-state index in [0.29, 0.717) is 38.4 Å². The molecule has 0 aliphatic carbocycles. The third-order valence-electron chi connectivity index (χ3n) is 6.31. The Bertz CT molecular complexity index is 1030. The number of benzene rings is 1. The molecule has 174 valence electrons. The number of likely N-dealkylation sites (tertiary alicyclic amines) is 1. The molecule has 0 bridgehead atoms. The van der Waals surface area contributed by atoms with Gasteiger partial charge in [-0.15, -0.1) is 0 Å². The molecule has 3 atom stereocenters. The highest BCUT2D eigenvalue weighted by Crippen LogP contribution is 2.28. The van der Waals surface area contributed by atoms with Gasteiger partial charge in [-0.1, -0.05) is 0 Å². The second-order valence-corrected chi connectivity index (χ2v) is 8.46. The van der Waals surface area contributed by atoms with Crippen LogP contribution >= 0.6 is 0 Å². The number of hydrogen-bond donors (Lipinski definition) is 2. The SMILES string of the molecule is CNC(=O)C1CCCN(C(=O)Cn2c(N3CC[C@@H](F)[C@H](N)C3)nc3cc(F)c(F)cc32)C1. The predicted molar refractivity (Wildman–Crippen MR) is 113 cm³/mol. The summed E-state index contributed by atoms with van der Waals surface area (Å²) >= 11 is 0. The van der Waals surface area contributed by atoms with E-state index in [1.807, 2.05) is 0 Å². The molecule has 2 fully saturated rings. The molecule has 1 aromatic heterocycles. The Morgan fingerprint density at radius 1 is 1.19 bits per heavy atom. The van der Waals surface area contributed by atoms with E-state index in [9.17, 15) is 22.8 Å². The Hall–Kier alpha value is -2.82. The Labute approximate surface area is 183 Å². The van der Waals surface area contributed by atoms with Gasteiger partial charge in [0.05, 0.1) is 23.0 Å². The summed E-state index contributed by atoms with van der Waals surface area (Å²) in [5.74, 6) is -2.42. The third-order valence-corrected chi connectivity index (χ3v) is 6.31. The average molecular weight is 452 g/mol. The predicted octanol–water partition coefficient (Wildman–Crippen LogP) is 1.17. The van der Waals surface area contributed by atoms with Crippen molar-refractivity contribution in [2.45, 2.75) is 38.0 Å². The summed E-state index contributed by atoms with van der Waals surface area (Å²) in [5, 5.41) is 2.62. The standard InChI is InChI=1S/C21H27F3N6O2/c1-26-20(32)12-3-2-5-28(9-12)19(31)11-30-18-8-15(24)14(23)7-17(18)27-21(30)29-6-4-13(22)16(25)10-29/h7-8,12-13,16H,2-6,9-11,25H2,1H3,(H,26,32)/t12?,13-,16-/m1/s1. The van der Waals surface area contributed by atoms with Crippen LogP contribution in [-0.2, 0) is 16.1 Å². The molecule has 1 unspecified atom stereocenters. The Kier molecular flexibility index (Phi) is 6.27. The van der Waals surface area contributed by atoms with E-state index in [4.69, 9.17) is 5.73 Å². The lowest BCUT2D eigenvalue weighted by molar-refractivity contribution is -0.136. The summed E-state index contributed by atoms with van der Waals surface area (Å²) in [5.41, 5.74) is 6.35. The lowest BCUT2D eigenvalue weighted by Gasteiger charge is -2.35. The molecule has 2 aliphatic rings. The number of anilines is 1. The monoisotopic (exact) mass is 452 g/mol. The molecule has 2 amide bonds. The summed E-state index contributed by atoms with van der Waals surface area (Å²) in [6, 6.07) is 1.27. The zero-order valence-corrected chi connectivity index (χ0v) is 17.9. The maximum Gasteiger partial charge on any atom is 0.242 e. The number of imidazole rings is 1. The Morgan fingerprint density at radius 2 is 1.94 bits per heavy atom. The zero-order chi connectivity index (χ0) is 23.0. The molecule has 0 spiro atoms. The summed E-state index contributed by atoms with van der Waals surface area (Å²) < 4.78 is 43.3. The normalized spacial score (nSPS) is 24.1. The van der Waals surface area contributed by atoms with Gasteiger partial charge < -0.3 is 25.4 Å². The summed E-state index contributed by atoms with van der Waals surface area (Å²) in [7, 11) is 1.56. The molecule has 2 saturated heterocycles. The van der Waals surface area contributed by atoms with Crippen molar-refractivity contribution in [1.29, 1.82) is 0 Å². The van der Waals surface area contributed by atoms with Crippen molar-refractivity contribution < 1.29 is 22.8 Å². The van der Waals surface area contributed by atoms with E-state index in [0.717, 1.165) is 12.1 Å². The number of amides is 2. The molecular formula is C21H27F3N6O2. The molecule has 0 saturated carbocycles. The van der Waals surface area contributed by atoms with Gasteiger partial charge in [0.2, 0.25) is 17.8 Å². The summed E-state index contributed by atoms with van der Waals surface area (Å²) in [6.45, 7) is 1.13. The molecule has 4 rings (SSSR count). The minimum absolute atomic E-state index is 0.114. The fourth-order valence-corrected chi connectivity index (χ4v) is 4.50. The maximum atomic E-state index is 14.0. The van der Waals surface area contributed by atoms with Crippen molar-refractivity contribution in [2.75, 3.05) is 38.1 Å². The highest BCUT2D eigenvalue weighted by atomic mass is 19.2. The summed E-state index contributed by atoms with van der Waals surface area (Å²) in [4.78, 5) is 32.9. The maximum absolute atomic E-state index is 14.0. The van der Waals surface area contributed by atoms with Gasteiger partial charge in [0.1, 0.15) is 12.7 Å². The van der Waals surface area contributed by atoms with E-state index >= 15 is 0 Å². The van der Waals surface area contributed by atoms with Crippen molar-refractivity contribution in [1.82, 2.24) is 19.8 Å². The van der Waals surface area contributed by atoms with Crippen molar-refractivity contribution in [3.63, 3.8) is 0 Å². The molecule has 11 heteroatoms. The Morgan fingerprint density at radius 3 is 2.66 bits per heavy atom. The van der Waals surface area contributed by atoms with Gasteiger partial charge in [-0.3, -0.25) is 9.59 Å². The minimum Gasteiger partial charge on any atom is -0.359 e. The van der Waals surface area contributed by atoms with Crippen molar-refractivity contribution >= 4 is 28.8 Å². The number of piperidine rings is 2. The van der Waals surface area contributed by atoms with Gasteiger partial charge in [-0.05, 0) is 19.3 Å². The topological polar surface area (TPSA) is 96.5 Å². The number of carbonyl (C=O) groups is 2. The molecule has 0 radical (unpaired) electrons. The van der Waals surface area contributed by atoms with Crippen LogP contribution in [0.3, 0.4) is 0 Å². The van der Waals surface area contributed by atoms with Crippen LogP contribution in [0.1, 0.15) is 19.3 Å². The molecule has 8 nitrogen and oxygen atoms in total. The number of nitrogens with zero attached hydrogens (tertiary/aromatic N) is 4. The minimum atomic E-state index is -1.14. The molecule has 32 heavy (non-hydrogen) atoms. The first-order chi connectivity index (χ1) is 15.3. The van der Waals surface area contributed by atoms with Gasteiger partial charge in [0, 0.05) is 45.4 Å². The summed E-state index contributed by atoms with van der Waals surface area (Å²) in [6.07, 6.45) is 0.445. The van der Waals surface area contributed by atoms with Crippen LogP contribution in [0.25, 0.3) is 11.0 Å². The van der Waals surface area contributed by atoms with E-state index in [2.05, 4.69) is 10.3 Å². The fraction of sp³-hybridized carbons (Fsp3) is 0.571. The second kappa shape index (κ2) is 8.97. The van der Waals surface area contributed by atoms with Gasteiger partial charge in [-0.2, -0.15) is 0 Å². The lowest BCUT2D eigenvalue weighted by Crippen LogP contribution is -2.50. The first kappa shape index (κ1) is 22.4. The number of nitrogens with two attached hydrogens (primary N) is 1. The number of nitrogens with one attached hydrogen (secondary N) is 1. The van der Waals surface area contributed by atoms with E-state index in [1.54, 1.807) is 16.8 Å². The lowest BCUT2D eigenvalue weighted by atomic mass is 9.97. The number of rotatable bonds is 4. The number of carbonyl (C=O) groups excluding carboxylic acids is 2. The van der Waals surface area contributed by atoms with Crippen molar-refractivity contribution in [3.05, 3.63) is 23.8 Å². The number of fused-ring (bicyclic) bond motifs is 1. The van der Waals surface area contributed by atoms with Crippen LogP contribution in [0.4, 0.5) is 19.1 Å². The van der Waals surface area contributed by atoms with E-state index in [-0.39, 0.29) is 48.3 Å². The van der Waals surface area contributed by atoms with Gasteiger partial charge in [-0.25, -0.2) is 18.2 Å². The molecule has 2 aliphatic heterocycles. The van der Waals surface area contributed by atoms with Gasteiger partial charge in [0.25, 0.3) is 0 Å². The Balaban J connectivity index is 1.65. The fourth-order valence-electron chi connectivity index (χ4n) is 4.50. The highest BCUT2D eigenvalue weighted by Gasteiger charge is 2.32.